The van der Waals surface area contributed by atoms with E-state index in [9.17, 15) is 9.59 Å². The number of aromatic nitrogens is 1. The Hall–Kier alpha value is -1.66. The number of hydrogen-bond acceptors (Lipinski definition) is 4. The Labute approximate surface area is 130 Å². The number of carbonyl (C=O) groups is 2. The fourth-order valence-corrected chi connectivity index (χ4v) is 2.21. The molecule has 0 aromatic carbocycles. The van der Waals surface area contributed by atoms with Gasteiger partial charge in [0.1, 0.15) is 5.69 Å². The van der Waals surface area contributed by atoms with Crippen LogP contribution in [0.2, 0.25) is 0 Å². The topological polar surface area (TPSA) is 79.5 Å². The van der Waals surface area contributed by atoms with Crippen molar-refractivity contribution < 1.29 is 9.59 Å². The number of carbonyl (C=O) groups excluding carboxylic acids is 2. The predicted molar refractivity (Wildman–Crippen MR) is 82.2 cm³/mol. The van der Waals surface area contributed by atoms with Gasteiger partial charge in [0.15, 0.2) is 0 Å². The maximum absolute atomic E-state index is 12.2. The second-order valence-corrected chi connectivity index (χ2v) is 5.07. The van der Waals surface area contributed by atoms with Crippen molar-refractivity contribution in [1.29, 1.82) is 0 Å². The molecular weight excluding hydrogens is 292 g/mol. The van der Waals surface area contributed by atoms with Gasteiger partial charge in [0.25, 0.3) is 5.91 Å². The van der Waals surface area contributed by atoms with Gasteiger partial charge in [0, 0.05) is 44.8 Å². The summed E-state index contributed by atoms with van der Waals surface area (Å²) in [5.74, 6) is -0.0187. The molecule has 2 amide bonds. The number of amides is 2. The second-order valence-electron chi connectivity index (χ2n) is 5.07. The number of piperazine rings is 1. The first kappa shape index (κ1) is 17.4. The highest BCUT2D eigenvalue weighted by atomic mass is 35.5. The van der Waals surface area contributed by atoms with Gasteiger partial charge in [-0.05, 0) is 19.1 Å². The maximum atomic E-state index is 12.2. The summed E-state index contributed by atoms with van der Waals surface area (Å²) in [5, 5.41) is 0. The lowest BCUT2D eigenvalue weighted by atomic mass is 10.2. The summed E-state index contributed by atoms with van der Waals surface area (Å²) in [4.78, 5) is 31.6. The Morgan fingerprint density at radius 1 is 1.24 bits per heavy atom. The van der Waals surface area contributed by atoms with E-state index in [1.807, 2.05) is 6.92 Å². The minimum absolute atomic E-state index is 0. The first-order valence-electron chi connectivity index (χ1n) is 6.81. The molecule has 0 bridgehead atoms. The monoisotopic (exact) mass is 312 g/mol. The third kappa shape index (κ3) is 4.68. The summed E-state index contributed by atoms with van der Waals surface area (Å²) in [6.07, 6.45) is 1.96. The summed E-state index contributed by atoms with van der Waals surface area (Å²) in [7, 11) is 0. The van der Waals surface area contributed by atoms with Gasteiger partial charge in [-0.2, -0.15) is 0 Å². The molecule has 0 radical (unpaired) electrons. The molecule has 1 saturated heterocycles. The van der Waals surface area contributed by atoms with Crippen LogP contribution in [0.4, 0.5) is 0 Å². The van der Waals surface area contributed by atoms with Gasteiger partial charge in [-0.1, -0.05) is 6.07 Å². The molecule has 2 N–H and O–H groups in total. The third-order valence-corrected chi connectivity index (χ3v) is 3.30. The summed E-state index contributed by atoms with van der Waals surface area (Å²) in [6, 6.07) is 5.15. The molecule has 21 heavy (non-hydrogen) atoms. The summed E-state index contributed by atoms with van der Waals surface area (Å²) < 4.78 is 0. The lowest BCUT2D eigenvalue weighted by Crippen LogP contribution is -2.51. The van der Waals surface area contributed by atoms with Gasteiger partial charge in [0.2, 0.25) is 5.91 Å². The molecule has 1 fully saturated rings. The zero-order valence-electron chi connectivity index (χ0n) is 12.1. The SMILES string of the molecule is CC(N)CC(=O)N1CCN(C(=O)c2ccccn2)CC1.Cl. The van der Waals surface area contributed by atoms with Gasteiger partial charge in [-0.25, -0.2) is 0 Å². The van der Waals surface area contributed by atoms with Crippen LogP contribution in [-0.2, 0) is 4.79 Å². The zero-order valence-corrected chi connectivity index (χ0v) is 12.9. The Bertz CT molecular complexity index is 473. The highest BCUT2D eigenvalue weighted by molar-refractivity contribution is 5.92. The Kier molecular flexibility index (Phi) is 6.58. The molecule has 0 saturated carbocycles. The smallest absolute Gasteiger partial charge is 0.272 e. The fraction of sp³-hybridized carbons (Fsp3) is 0.500. The summed E-state index contributed by atoms with van der Waals surface area (Å²) in [5.41, 5.74) is 6.08. The van der Waals surface area contributed by atoms with E-state index in [1.165, 1.54) is 0 Å². The number of nitrogens with two attached hydrogens (primary N) is 1. The Morgan fingerprint density at radius 2 is 1.86 bits per heavy atom. The molecule has 0 aliphatic carbocycles. The molecule has 2 heterocycles. The number of halogens is 1. The van der Waals surface area contributed by atoms with Crippen LogP contribution in [-0.4, -0.2) is 58.8 Å². The number of nitrogens with zero attached hydrogens (tertiary/aromatic N) is 3. The van der Waals surface area contributed by atoms with Crippen molar-refractivity contribution in [2.75, 3.05) is 26.2 Å². The maximum Gasteiger partial charge on any atom is 0.272 e. The number of rotatable bonds is 3. The third-order valence-electron chi connectivity index (χ3n) is 3.30. The molecule has 116 valence electrons. The Morgan fingerprint density at radius 3 is 2.38 bits per heavy atom. The normalized spacial score (nSPS) is 16.1. The van der Waals surface area contributed by atoms with E-state index >= 15 is 0 Å². The molecule has 1 aromatic rings. The van der Waals surface area contributed by atoms with Crippen molar-refractivity contribution in [3.05, 3.63) is 30.1 Å². The standard InChI is InChI=1S/C14H20N4O2.ClH/c1-11(15)10-13(19)17-6-8-18(9-7-17)14(20)12-4-2-3-5-16-12;/h2-5,11H,6-10,15H2,1H3;1H. The quantitative estimate of drug-likeness (QED) is 0.882. The molecule has 1 unspecified atom stereocenters. The predicted octanol–water partition coefficient (Wildman–Crippen LogP) is 0.525. The highest BCUT2D eigenvalue weighted by Gasteiger charge is 2.25. The van der Waals surface area contributed by atoms with E-state index in [0.717, 1.165) is 0 Å². The minimum atomic E-state index is -0.129. The van der Waals surface area contributed by atoms with Gasteiger partial charge in [0.05, 0.1) is 0 Å². The Balaban J connectivity index is 0.00000220. The summed E-state index contributed by atoms with van der Waals surface area (Å²) in [6.45, 7) is 4.02. The van der Waals surface area contributed by atoms with E-state index in [2.05, 4.69) is 4.98 Å². The fourth-order valence-electron chi connectivity index (χ4n) is 2.21. The van der Waals surface area contributed by atoms with Crippen LogP contribution in [0.1, 0.15) is 23.8 Å². The van der Waals surface area contributed by atoms with Gasteiger partial charge < -0.3 is 15.5 Å². The van der Waals surface area contributed by atoms with E-state index < -0.39 is 0 Å². The van der Waals surface area contributed by atoms with Crippen molar-refractivity contribution in [2.24, 2.45) is 5.73 Å². The summed E-state index contributed by atoms with van der Waals surface area (Å²) >= 11 is 0. The molecule has 0 spiro atoms. The van der Waals surface area contributed by atoms with Crippen molar-refractivity contribution in [3.63, 3.8) is 0 Å². The molecule has 2 rings (SSSR count). The molecule has 7 heteroatoms. The van der Waals surface area contributed by atoms with E-state index in [4.69, 9.17) is 5.73 Å². The first-order valence-corrected chi connectivity index (χ1v) is 6.81. The largest absolute Gasteiger partial charge is 0.339 e. The minimum Gasteiger partial charge on any atom is -0.339 e. The van der Waals surface area contributed by atoms with Crippen molar-refractivity contribution in [3.8, 4) is 0 Å². The number of pyridine rings is 1. The van der Waals surface area contributed by atoms with Gasteiger partial charge in [-0.3, -0.25) is 14.6 Å². The average molecular weight is 313 g/mol. The lowest BCUT2D eigenvalue weighted by Gasteiger charge is -2.34. The lowest BCUT2D eigenvalue weighted by molar-refractivity contribution is -0.132. The van der Waals surface area contributed by atoms with Gasteiger partial charge >= 0.3 is 0 Å². The van der Waals surface area contributed by atoms with E-state index in [-0.39, 0.29) is 30.3 Å². The first-order chi connectivity index (χ1) is 9.58. The van der Waals surface area contributed by atoms with E-state index in [1.54, 1.807) is 34.2 Å². The highest BCUT2D eigenvalue weighted by Crippen LogP contribution is 2.08. The van der Waals surface area contributed by atoms with Gasteiger partial charge in [-0.15, -0.1) is 12.4 Å². The zero-order chi connectivity index (χ0) is 14.5. The van der Waals surface area contributed by atoms with Crippen LogP contribution in [0.15, 0.2) is 24.4 Å². The van der Waals surface area contributed by atoms with Crippen LogP contribution in [0, 0.1) is 0 Å². The van der Waals surface area contributed by atoms with Crippen molar-refractivity contribution in [2.45, 2.75) is 19.4 Å². The average Bonchev–Trinajstić information content (AvgIpc) is 2.47. The van der Waals surface area contributed by atoms with Crippen LogP contribution in [0.25, 0.3) is 0 Å². The molecular formula is C14H21ClN4O2. The van der Waals surface area contributed by atoms with Crippen molar-refractivity contribution >= 4 is 24.2 Å². The molecule has 1 aliphatic heterocycles. The van der Waals surface area contributed by atoms with Crippen LogP contribution >= 0.6 is 12.4 Å². The van der Waals surface area contributed by atoms with Crippen molar-refractivity contribution in [1.82, 2.24) is 14.8 Å². The van der Waals surface area contributed by atoms with Crippen LogP contribution < -0.4 is 5.73 Å². The molecule has 1 aliphatic rings. The molecule has 6 nitrogen and oxygen atoms in total. The second kappa shape index (κ2) is 7.95. The molecule has 1 atom stereocenters. The number of hydrogen-bond donors (Lipinski definition) is 1. The van der Waals surface area contributed by atoms with Crippen LogP contribution in [0.5, 0.6) is 0 Å². The molecule has 1 aromatic heterocycles. The van der Waals surface area contributed by atoms with Crippen LogP contribution in [0.3, 0.4) is 0 Å². The van der Waals surface area contributed by atoms with E-state index in [0.29, 0.717) is 38.3 Å².